The summed E-state index contributed by atoms with van der Waals surface area (Å²) in [6.07, 6.45) is 0. The molecule has 0 atom stereocenters. The molecule has 0 saturated heterocycles. The highest BCUT2D eigenvalue weighted by molar-refractivity contribution is 9.11. The maximum Gasteiger partial charge on any atom is 0.255 e. The molecular weight excluding hydrogens is 396 g/mol. The number of carbonyl (C=O) groups excluding carboxylic acids is 1. The Bertz CT molecular complexity index is 624. The van der Waals surface area contributed by atoms with Crippen LogP contribution in [-0.4, -0.2) is 12.5 Å². The van der Waals surface area contributed by atoms with Crippen molar-refractivity contribution in [2.45, 2.75) is 13.5 Å². The molecule has 0 radical (unpaired) electrons. The molecule has 2 aromatic rings. The molecule has 0 heterocycles. The first kappa shape index (κ1) is 16.2. The SMILES string of the molecule is CCNCc1cccc(NC(=O)c2cc(Br)cc(Br)c2)c1. The molecule has 0 aliphatic heterocycles. The van der Waals surface area contributed by atoms with Crippen LogP contribution in [0.1, 0.15) is 22.8 Å². The summed E-state index contributed by atoms with van der Waals surface area (Å²) in [6, 6.07) is 13.3. The molecule has 3 nitrogen and oxygen atoms in total. The number of rotatable bonds is 5. The van der Waals surface area contributed by atoms with E-state index in [1.54, 1.807) is 12.1 Å². The minimum absolute atomic E-state index is 0.127. The first-order valence-corrected chi connectivity index (χ1v) is 8.24. The summed E-state index contributed by atoms with van der Waals surface area (Å²) in [6.45, 7) is 3.78. The van der Waals surface area contributed by atoms with Gasteiger partial charge in [-0.25, -0.2) is 0 Å². The lowest BCUT2D eigenvalue weighted by Gasteiger charge is -2.08. The van der Waals surface area contributed by atoms with Crippen LogP contribution in [0.25, 0.3) is 0 Å². The lowest BCUT2D eigenvalue weighted by Crippen LogP contribution is -2.14. The molecule has 0 aliphatic rings. The van der Waals surface area contributed by atoms with Gasteiger partial charge in [0.1, 0.15) is 0 Å². The average molecular weight is 412 g/mol. The summed E-state index contributed by atoms with van der Waals surface area (Å²) in [5, 5.41) is 6.19. The van der Waals surface area contributed by atoms with Gasteiger partial charge in [0.15, 0.2) is 0 Å². The van der Waals surface area contributed by atoms with Gasteiger partial charge in [0.25, 0.3) is 5.91 Å². The molecule has 5 heteroatoms. The molecule has 2 N–H and O–H groups in total. The van der Waals surface area contributed by atoms with Gasteiger partial charge in [0.2, 0.25) is 0 Å². The molecule has 2 aromatic carbocycles. The number of carbonyl (C=O) groups is 1. The van der Waals surface area contributed by atoms with Crippen molar-refractivity contribution in [2.24, 2.45) is 0 Å². The Morgan fingerprint density at radius 2 is 1.81 bits per heavy atom. The molecular formula is C16H16Br2N2O. The van der Waals surface area contributed by atoms with Gasteiger partial charge in [0.05, 0.1) is 0 Å². The van der Waals surface area contributed by atoms with E-state index in [0.717, 1.165) is 33.3 Å². The topological polar surface area (TPSA) is 41.1 Å². The molecule has 0 aromatic heterocycles. The predicted octanol–water partition coefficient (Wildman–Crippen LogP) is 4.57. The minimum Gasteiger partial charge on any atom is -0.322 e. The Balaban J connectivity index is 2.11. The van der Waals surface area contributed by atoms with Crippen molar-refractivity contribution >= 4 is 43.5 Å². The van der Waals surface area contributed by atoms with Crippen molar-refractivity contribution in [3.05, 3.63) is 62.5 Å². The smallest absolute Gasteiger partial charge is 0.255 e. The van der Waals surface area contributed by atoms with Crippen molar-refractivity contribution in [3.63, 3.8) is 0 Å². The van der Waals surface area contributed by atoms with Gasteiger partial charge in [-0.2, -0.15) is 0 Å². The molecule has 0 bridgehead atoms. The van der Waals surface area contributed by atoms with Crippen molar-refractivity contribution in [1.82, 2.24) is 5.32 Å². The number of hydrogen-bond acceptors (Lipinski definition) is 2. The van der Waals surface area contributed by atoms with E-state index in [-0.39, 0.29) is 5.91 Å². The normalized spacial score (nSPS) is 10.4. The summed E-state index contributed by atoms with van der Waals surface area (Å²) in [5.74, 6) is -0.127. The van der Waals surface area contributed by atoms with Crippen molar-refractivity contribution < 1.29 is 4.79 Å². The monoisotopic (exact) mass is 410 g/mol. The highest BCUT2D eigenvalue weighted by Crippen LogP contribution is 2.21. The third-order valence-corrected chi connectivity index (χ3v) is 3.80. The van der Waals surface area contributed by atoms with Crippen LogP contribution in [0, 0.1) is 0 Å². The maximum absolute atomic E-state index is 12.3. The number of benzene rings is 2. The third kappa shape index (κ3) is 4.95. The number of nitrogens with one attached hydrogen (secondary N) is 2. The van der Waals surface area contributed by atoms with Gasteiger partial charge >= 0.3 is 0 Å². The number of amides is 1. The van der Waals surface area contributed by atoms with E-state index in [9.17, 15) is 4.79 Å². The van der Waals surface area contributed by atoms with Crippen LogP contribution in [0.2, 0.25) is 0 Å². The second-order valence-electron chi connectivity index (χ2n) is 4.59. The lowest BCUT2D eigenvalue weighted by molar-refractivity contribution is 0.102. The van der Waals surface area contributed by atoms with E-state index in [1.807, 2.05) is 30.3 Å². The molecule has 0 spiro atoms. The van der Waals surface area contributed by atoms with Crippen LogP contribution < -0.4 is 10.6 Å². The number of halogens is 2. The zero-order chi connectivity index (χ0) is 15.2. The fourth-order valence-electron chi connectivity index (χ4n) is 1.92. The summed E-state index contributed by atoms with van der Waals surface area (Å²) in [5.41, 5.74) is 2.55. The van der Waals surface area contributed by atoms with Gasteiger partial charge in [-0.05, 0) is 42.4 Å². The summed E-state index contributed by atoms with van der Waals surface area (Å²) in [4.78, 5) is 12.3. The van der Waals surface area contributed by atoms with E-state index in [4.69, 9.17) is 0 Å². The van der Waals surface area contributed by atoms with Crippen LogP contribution in [0.3, 0.4) is 0 Å². The molecule has 0 fully saturated rings. The Kier molecular flexibility index (Phi) is 5.96. The van der Waals surface area contributed by atoms with E-state index in [1.165, 1.54) is 0 Å². The van der Waals surface area contributed by atoms with Crippen molar-refractivity contribution in [1.29, 1.82) is 0 Å². The van der Waals surface area contributed by atoms with E-state index in [0.29, 0.717) is 5.56 Å². The molecule has 21 heavy (non-hydrogen) atoms. The third-order valence-electron chi connectivity index (χ3n) is 2.89. The highest BCUT2D eigenvalue weighted by Gasteiger charge is 2.08. The van der Waals surface area contributed by atoms with Crippen LogP contribution in [-0.2, 0) is 6.54 Å². The average Bonchev–Trinajstić information content (AvgIpc) is 2.44. The van der Waals surface area contributed by atoms with Crippen LogP contribution in [0.4, 0.5) is 5.69 Å². The Labute approximate surface area is 141 Å². The number of hydrogen-bond donors (Lipinski definition) is 2. The summed E-state index contributed by atoms with van der Waals surface area (Å²) in [7, 11) is 0. The predicted molar refractivity (Wildman–Crippen MR) is 93.6 cm³/mol. The molecule has 1 amide bonds. The maximum atomic E-state index is 12.3. The fourth-order valence-corrected chi connectivity index (χ4v) is 3.21. The molecule has 0 saturated carbocycles. The van der Waals surface area contributed by atoms with E-state index >= 15 is 0 Å². The first-order chi connectivity index (χ1) is 10.1. The first-order valence-electron chi connectivity index (χ1n) is 6.65. The van der Waals surface area contributed by atoms with Gasteiger partial charge in [-0.15, -0.1) is 0 Å². The van der Waals surface area contributed by atoms with Crippen LogP contribution in [0.5, 0.6) is 0 Å². The Hall–Kier alpha value is -1.17. The summed E-state index contributed by atoms with van der Waals surface area (Å²) < 4.78 is 1.73. The lowest BCUT2D eigenvalue weighted by atomic mass is 10.1. The standard InChI is InChI=1S/C16H16Br2N2O/c1-2-19-10-11-4-3-5-15(6-11)20-16(21)12-7-13(17)9-14(18)8-12/h3-9,19H,2,10H2,1H3,(H,20,21). The van der Waals surface area contributed by atoms with Gasteiger partial charge in [0, 0.05) is 26.7 Å². The second-order valence-corrected chi connectivity index (χ2v) is 6.42. The highest BCUT2D eigenvalue weighted by atomic mass is 79.9. The Morgan fingerprint density at radius 1 is 1.10 bits per heavy atom. The molecule has 0 aliphatic carbocycles. The molecule has 110 valence electrons. The van der Waals surface area contributed by atoms with Gasteiger partial charge in [-0.3, -0.25) is 4.79 Å². The second kappa shape index (κ2) is 7.73. The zero-order valence-electron chi connectivity index (χ0n) is 11.6. The largest absolute Gasteiger partial charge is 0.322 e. The Morgan fingerprint density at radius 3 is 2.48 bits per heavy atom. The quantitative estimate of drug-likeness (QED) is 0.756. The number of anilines is 1. The van der Waals surface area contributed by atoms with Crippen molar-refractivity contribution in [2.75, 3.05) is 11.9 Å². The molecule has 2 rings (SSSR count). The van der Waals surface area contributed by atoms with E-state index in [2.05, 4.69) is 49.4 Å². The van der Waals surface area contributed by atoms with Crippen LogP contribution >= 0.6 is 31.9 Å². The summed E-state index contributed by atoms with van der Waals surface area (Å²) >= 11 is 6.78. The van der Waals surface area contributed by atoms with Crippen LogP contribution in [0.15, 0.2) is 51.4 Å². The fraction of sp³-hybridized carbons (Fsp3) is 0.188. The van der Waals surface area contributed by atoms with Gasteiger partial charge < -0.3 is 10.6 Å². The zero-order valence-corrected chi connectivity index (χ0v) is 14.8. The van der Waals surface area contributed by atoms with E-state index < -0.39 is 0 Å². The van der Waals surface area contributed by atoms with Crippen molar-refractivity contribution in [3.8, 4) is 0 Å². The molecule has 0 unspecified atom stereocenters. The van der Waals surface area contributed by atoms with Gasteiger partial charge in [-0.1, -0.05) is 50.9 Å². The minimum atomic E-state index is -0.127.